The molecule has 1 aromatic carbocycles. The summed E-state index contributed by atoms with van der Waals surface area (Å²) in [5, 5.41) is 0. The van der Waals surface area contributed by atoms with E-state index >= 15 is 0 Å². The van der Waals surface area contributed by atoms with Gasteiger partial charge in [0.25, 0.3) is 0 Å². The summed E-state index contributed by atoms with van der Waals surface area (Å²) in [5.74, 6) is 1.95. The largest absolute Gasteiger partial charge is 0.299 e. The van der Waals surface area contributed by atoms with Crippen molar-refractivity contribution in [2.45, 2.75) is 53.4 Å². The number of hydrogen-bond donors (Lipinski definition) is 0. The van der Waals surface area contributed by atoms with Gasteiger partial charge in [-0.25, -0.2) is 4.98 Å². The van der Waals surface area contributed by atoms with E-state index in [1.807, 2.05) is 6.20 Å². The first-order chi connectivity index (χ1) is 12.6. The first-order valence-electron chi connectivity index (χ1n) is 9.73. The van der Waals surface area contributed by atoms with E-state index in [4.69, 9.17) is 4.98 Å². The van der Waals surface area contributed by atoms with E-state index < -0.39 is 0 Å². The van der Waals surface area contributed by atoms with E-state index in [0.717, 1.165) is 18.7 Å². The van der Waals surface area contributed by atoms with Crippen molar-refractivity contribution < 1.29 is 0 Å². The van der Waals surface area contributed by atoms with Crippen LogP contribution in [0.5, 0.6) is 0 Å². The second kappa shape index (κ2) is 7.90. The van der Waals surface area contributed by atoms with Crippen LogP contribution in [0.4, 0.5) is 0 Å². The molecule has 26 heavy (non-hydrogen) atoms. The lowest BCUT2D eigenvalue weighted by molar-refractivity contribution is 0.766. The lowest BCUT2D eigenvalue weighted by Crippen LogP contribution is -2.13. The molecule has 1 heterocycles. The van der Waals surface area contributed by atoms with Gasteiger partial charge in [-0.15, -0.1) is 0 Å². The summed E-state index contributed by atoms with van der Waals surface area (Å²) in [6, 6.07) is 6.69. The lowest BCUT2D eigenvalue weighted by atomic mass is 9.85. The molecule has 0 bridgehead atoms. The van der Waals surface area contributed by atoms with Crippen LogP contribution in [0.3, 0.4) is 0 Å². The van der Waals surface area contributed by atoms with E-state index in [9.17, 15) is 0 Å². The predicted octanol–water partition coefficient (Wildman–Crippen LogP) is 6.48. The Labute approximate surface area is 158 Å². The highest BCUT2D eigenvalue weighted by molar-refractivity contribution is 5.70. The minimum absolute atomic E-state index is 0.405. The smallest absolute Gasteiger partial charge is 0.140 e. The molecule has 0 amide bonds. The highest BCUT2D eigenvalue weighted by Gasteiger charge is 2.24. The average molecular weight is 347 g/mol. The van der Waals surface area contributed by atoms with Crippen LogP contribution in [0, 0.1) is 5.92 Å². The van der Waals surface area contributed by atoms with Crippen LogP contribution in [0.1, 0.15) is 63.9 Å². The van der Waals surface area contributed by atoms with Crippen molar-refractivity contribution in [3.63, 3.8) is 0 Å². The molecule has 136 valence electrons. The second-order valence-electron chi connectivity index (χ2n) is 7.36. The Hall–Kier alpha value is -2.35. The van der Waals surface area contributed by atoms with E-state index in [-0.39, 0.29) is 0 Å². The fourth-order valence-corrected chi connectivity index (χ4v) is 3.85. The molecule has 0 spiro atoms. The van der Waals surface area contributed by atoms with Gasteiger partial charge in [0.15, 0.2) is 0 Å². The summed E-state index contributed by atoms with van der Waals surface area (Å²) in [5.41, 5.74) is 6.79. The average Bonchev–Trinajstić information content (AvgIpc) is 3.15. The topological polar surface area (TPSA) is 17.8 Å². The monoisotopic (exact) mass is 346 g/mol. The molecule has 1 aliphatic carbocycles. The van der Waals surface area contributed by atoms with E-state index in [2.05, 4.69) is 87.9 Å². The van der Waals surface area contributed by atoms with Crippen molar-refractivity contribution in [3.05, 3.63) is 77.4 Å². The number of nitrogens with zero attached hydrogens (tertiary/aromatic N) is 2. The SMILES string of the molecule is CC=C(C)C1CC=CC=C1c1nccn1-c1c(CC)cccc1C(C)C. The van der Waals surface area contributed by atoms with Gasteiger partial charge in [0.1, 0.15) is 5.82 Å². The molecule has 1 unspecified atom stereocenters. The van der Waals surface area contributed by atoms with Crippen molar-refractivity contribution in [1.82, 2.24) is 9.55 Å². The summed E-state index contributed by atoms with van der Waals surface area (Å²) < 4.78 is 2.31. The number of para-hydroxylation sites is 1. The number of imidazole rings is 1. The summed E-state index contributed by atoms with van der Waals surface area (Å²) in [4.78, 5) is 4.79. The predicted molar refractivity (Wildman–Crippen MR) is 112 cm³/mol. The number of aromatic nitrogens is 2. The molecule has 0 saturated carbocycles. The van der Waals surface area contributed by atoms with E-state index in [1.54, 1.807) is 0 Å². The second-order valence-corrected chi connectivity index (χ2v) is 7.36. The summed E-state index contributed by atoms with van der Waals surface area (Å²) in [6.45, 7) is 11.1. The van der Waals surface area contributed by atoms with Crippen molar-refractivity contribution in [1.29, 1.82) is 0 Å². The molecule has 1 aromatic heterocycles. The highest BCUT2D eigenvalue weighted by atomic mass is 15.1. The molecule has 0 radical (unpaired) electrons. The number of rotatable bonds is 5. The zero-order chi connectivity index (χ0) is 18.7. The van der Waals surface area contributed by atoms with Crippen molar-refractivity contribution >= 4 is 5.57 Å². The van der Waals surface area contributed by atoms with Crippen LogP contribution in [-0.2, 0) is 6.42 Å². The fourth-order valence-electron chi connectivity index (χ4n) is 3.85. The first-order valence-corrected chi connectivity index (χ1v) is 9.73. The molecule has 3 rings (SSSR count). The summed E-state index contributed by atoms with van der Waals surface area (Å²) in [7, 11) is 0. The van der Waals surface area contributed by atoms with Crippen LogP contribution in [0.15, 0.2) is 60.5 Å². The van der Waals surface area contributed by atoms with Crippen LogP contribution in [0.2, 0.25) is 0 Å². The Balaban J connectivity index is 2.19. The third-order valence-electron chi connectivity index (χ3n) is 5.46. The Morgan fingerprint density at radius 2 is 2.15 bits per heavy atom. The third kappa shape index (κ3) is 3.33. The van der Waals surface area contributed by atoms with Crippen molar-refractivity contribution in [2.75, 3.05) is 0 Å². The molecule has 1 atom stereocenters. The number of benzene rings is 1. The molecule has 0 saturated heterocycles. The zero-order valence-electron chi connectivity index (χ0n) is 16.7. The summed E-state index contributed by atoms with van der Waals surface area (Å²) >= 11 is 0. The molecular formula is C24H30N2. The maximum atomic E-state index is 4.79. The van der Waals surface area contributed by atoms with Crippen LogP contribution in [0.25, 0.3) is 11.3 Å². The van der Waals surface area contributed by atoms with Crippen molar-refractivity contribution in [3.8, 4) is 5.69 Å². The van der Waals surface area contributed by atoms with Gasteiger partial charge in [0.2, 0.25) is 0 Å². The Kier molecular flexibility index (Phi) is 5.61. The number of allylic oxidation sites excluding steroid dienone is 6. The normalized spacial score (nSPS) is 17.7. The highest BCUT2D eigenvalue weighted by Crippen LogP contribution is 2.36. The number of hydrogen-bond acceptors (Lipinski definition) is 1. The first kappa shape index (κ1) is 18.4. The van der Waals surface area contributed by atoms with Gasteiger partial charge in [-0.05, 0) is 43.7 Å². The molecule has 1 aliphatic rings. The molecule has 0 N–H and O–H groups in total. The molecule has 0 fully saturated rings. The molecule has 2 heteroatoms. The molecular weight excluding hydrogens is 316 g/mol. The van der Waals surface area contributed by atoms with E-state index in [0.29, 0.717) is 11.8 Å². The number of aryl methyl sites for hydroxylation is 1. The fraction of sp³-hybridized carbons (Fsp3) is 0.375. The van der Waals surface area contributed by atoms with Gasteiger partial charge in [-0.2, -0.15) is 0 Å². The maximum absolute atomic E-state index is 4.79. The Morgan fingerprint density at radius 3 is 2.85 bits per heavy atom. The molecule has 0 aliphatic heterocycles. The molecule has 2 aromatic rings. The van der Waals surface area contributed by atoms with Gasteiger partial charge >= 0.3 is 0 Å². The van der Waals surface area contributed by atoms with Crippen LogP contribution < -0.4 is 0 Å². The lowest BCUT2D eigenvalue weighted by Gasteiger charge is -2.25. The Morgan fingerprint density at radius 1 is 1.35 bits per heavy atom. The van der Waals surface area contributed by atoms with Crippen LogP contribution in [-0.4, -0.2) is 9.55 Å². The zero-order valence-corrected chi connectivity index (χ0v) is 16.7. The standard InChI is InChI=1S/C24H30N2/c1-6-18(5)21-12-8-9-13-22(21)24-25-15-16-26(24)23-19(7-2)11-10-14-20(23)17(3)4/h6,8-11,13-17,21H,7,12H2,1-5H3. The third-order valence-corrected chi connectivity index (χ3v) is 5.46. The minimum Gasteiger partial charge on any atom is -0.299 e. The molecule has 2 nitrogen and oxygen atoms in total. The van der Waals surface area contributed by atoms with Gasteiger partial charge in [0.05, 0.1) is 5.69 Å². The maximum Gasteiger partial charge on any atom is 0.140 e. The van der Waals surface area contributed by atoms with Gasteiger partial charge in [-0.3, -0.25) is 4.57 Å². The van der Waals surface area contributed by atoms with Crippen molar-refractivity contribution in [2.24, 2.45) is 5.92 Å². The minimum atomic E-state index is 0.405. The van der Waals surface area contributed by atoms with Gasteiger partial charge in [0, 0.05) is 23.9 Å². The van der Waals surface area contributed by atoms with Gasteiger partial charge in [-0.1, -0.05) is 68.8 Å². The summed E-state index contributed by atoms with van der Waals surface area (Å²) in [6.07, 6.45) is 15.0. The van der Waals surface area contributed by atoms with E-state index in [1.165, 1.54) is 28.0 Å². The Bertz CT molecular complexity index is 862. The van der Waals surface area contributed by atoms with Crippen LogP contribution >= 0.6 is 0 Å². The van der Waals surface area contributed by atoms with Gasteiger partial charge < -0.3 is 0 Å². The quantitative estimate of drug-likeness (QED) is 0.566.